The molecule has 0 unspecified atom stereocenters. The Hall–Kier alpha value is -2.20. The lowest BCUT2D eigenvalue weighted by atomic mass is 10.1. The van der Waals surface area contributed by atoms with Gasteiger partial charge in [-0.15, -0.1) is 0 Å². The van der Waals surface area contributed by atoms with Crippen molar-refractivity contribution in [2.45, 2.75) is 13.0 Å². The molecule has 0 bridgehead atoms. The first kappa shape index (κ1) is 12.9. The molecular formula is C11H13N3O3. The third-order valence-electron chi connectivity index (χ3n) is 2.11. The van der Waals surface area contributed by atoms with Crippen molar-refractivity contribution in [2.24, 2.45) is 5.11 Å². The Labute approximate surface area is 98.8 Å². The van der Waals surface area contributed by atoms with Gasteiger partial charge in [-0.05, 0) is 23.2 Å². The summed E-state index contributed by atoms with van der Waals surface area (Å²) >= 11 is 0. The predicted octanol–water partition coefficient (Wildman–Crippen LogP) is 2.61. The van der Waals surface area contributed by atoms with Crippen LogP contribution in [0.2, 0.25) is 0 Å². The van der Waals surface area contributed by atoms with E-state index in [4.69, 9.17) is 15.0 Å². The minimum atomic E-state index is -0.561. The lowest BCUT2D eigenvalue weighted by Gasteiger charge is -2.15. The second-order valence-electron chi connectivity index (χ2n) is 3.28. The van der Waals surface area contributed by atoms with E-state index in [9.17, 15) is 4.79 Å². The highest BCUT2D eigenvalue weighted by atomic mass is 16.5. The van der Waals surface area contributed by atoms with Crippen molar-refractivity contribution in [3.05, 3.63) is 40.3 Å². The molecule has 6 nitrogen and oxygen atoms in total. The molecule has 1 atom stereocenters. The summed E-state index contributed by atoms with van der Waals surface area (Å²) in [6.45, 7) is 1.38. The number of ether oxygens (including phenoxy) is 2. The summed E-state index contributed by atoms with van der Waals surface area (Å²) < 4.78 is 10.1. The number of benzene rings is 1. The maximum Gasteiger partial charge on any atom is 0.303 e. The van der Waals surface area contributed by atoms with E-state index in [1.54, 1.807) is 31.4 Å². The lowest BCUT2D eigenvalue weighted by Crippen LogP contribution is -2.11. The second-order valence-corrected chi connectivity index (χ2v) is 3.28. The van der Waals surface area contributed by atoms with Gasteiger partial charge in [0, 0.05) is 11.8 Å². The summed E-state index contributed by atoms with van der Waals surface area (Å²) in [7, 11) is 1.57. The molecule has 0 amide bonds. The number of esters is 1. The van der Waals surface area contributed by atoms with Crippen LogP contribution in [-0.2, 0) is 9.53 Å². The summed E-state index contributed by atoms with van der Waals surface area (Å²) in [6, 6.07) is 7.03. The van der Waals surface area contributed by atoms with Crippen LogP contribution in [-0.4, -0.2) is 19.6 Å². The van der Waals surface area contributed by atoms with E-state index in [2.05, 4.69) is 10.0 Å². The Balaban J connectivity index is 2.86. The van der Waals surface area contributed by atoms with Gasteiger partial charge in [0.25, 0.3) is 0 Å². The zero-order chi connectivity index (χ0) is 12.7. The van der Waals surface area contributed by atoms with E-state index in [-0.39, 0.29) is 6.54 Å². The number of rotatable bonds is 5. The highest BCUT2D eigenvalue weighted by Gasteiger charge is 2.13. The number of carbonyl (C=O) groups is 1. The smallest absolute Gasteiger partial charge is 0.303 e. The number of nitrogens with zero attached hydrogens (tertiary/aromatic N) is 3. The SMILES string of the molecule is COc1ccc([C@H](CN=[N+]=[N-])OC(C)=O)cc1. The summed E-state index contributed by atoms with van der Waals surface area (Å²) in [5.74, 6) is 0.290. The standard InChI is InChI=1S/C11H13N3O3/c1-8(15)17-11(7-13-14-12)9-3-5-10(16-2)6-4-9/h3-6,11H,7H2,1-2H3/t11-/m0/s1. The van der Waals surface area contributed by atoms with Crippen molar-refractivity contribution in [3.63, 3.8) is 0 Å². The van der Waals surface area contributed by atoms with E-state index < -0.39 is 12.1 Å². The number of methoxy groups -OCH3 is 1. The molecule has 1 aromatic rings. The average Bonchev–Trinajstić information content (AvgIpc) is 2.34. The van der Waals surface area contributed by atoms with E-state index >= 15 is 0 Å². The van der Waals surface area contributed by atoms with Gasteiger partial charge in [0.05, 0.1) is 13.7 Å². The fraction of sp³-hybridized carbons (Fsp3) is 0.364. The molecule has 1 aromatic carbocycles. The number of hydrogen-bond acceptors (Lipinski definition) is 4. The summed E-state index contributed by atoms with van der Waals surface area (Å²) in [5, 5.41) is 3.42. The number of hydrogen-bond donors (Lipinski definition) is 0. The van der Waals surface area contributed by atoms with Crippen LogP contribution in [0, 0.1) is 0 Å². The van der Waals surface area contributed by atoms with Gasteiger partial charge in [0.1, 0.15) is 11.9 Å². The van der Waals surface area contributed by atoms with Crippen molar-refractivity contribution in [3.8, 4) is 5.75 Å². The van der Waals surface area contributed by atoms with Crippen LogP contribution in [0.3, 0.4) is 0 Å². The number of azide groups is 1. The van der Waals surface area contributed by atoms with Crippen LogP contribution in [0.5, 0.6) is 5.75 Å². The van der Waals surface area contributed by atoms with Gasteiger partial charge >= 0.3 is 5.97 Å². The normalized spacial score (nSPS) is 11.2. The molecule has 0 radical (unpaired) electrons. The molecule has 17 heavy (non-hydrogen) atoms. The van der Waals surface area contributed by atoms with Crippen LogP contribution in [0.25, 0.3) is 10.4 Å². The topological polar surface area (TPSA) is 84.3 Å². The predicted molar refractivity (Wildman–Crippen MR) is 61.5 cm³/mol. The van der Waals surface area contributed by atoms with Crippen LogP contribution >= 0.6 is 0 Å². The van der Waals surface area contributed by atoms with Crippen LogP contribution in [0.15, 0.2) is 29.4 Å². The van der Waals surface area contributed by atoms with Gasteiger partial charge in [0.2, 0.25) is 0 Å². The van der Waals surface area contributed by atoms with E-state index in [0.717, 1.165) is 5.56 Å². The van der Waals surface area contributed by atoms with Gasteiger partial charge < -0.3 is 9.47 Å². The number of carbonyl (C=O) groups excluding carboxylic acids is 1. The average molecular weight is 235 g/mol. The van der Waals surface area contributed by atoms with Crippen molar-refractivity contribution >= 4 is 5.97 Å². The Morgan fingerprint density at radius 1 is 1.47 bits per heavy atom. The fourth-order valence-corrected chi connectivity index (χ4v) is 1.34. The zero-order valence-corrected chi connectivity index (χ0v) is 9.66. The third-order valence-corrected chi connectivity index (χ3v) is 2.11. The summed E-state index contributed by atoms with van der Waals surface area (Å²) in [4.78, 5) is 13.6. The third kappa shape index (κ3) is 4.04. The Bertz CT molecular complexity index is 420. The first-order valence-corrected chi connectivity index (χ1v) is 4.99. The van der Waals surface area contributed by atoms with Gasteiger partial charge in [0.15, 0.2) is 0 Å². The largest absolute Gasteiger partial charge is 0.497 e. The van der Waals surface area contributed by atoms with Crippen molar-refractivity contribution < 1.29 is 14.3 Å². The first-order valence-electron chi connectivity index (χ1n) is 4.99. The van der Waals surface area contributed by atoms with Crippen LogP contribution in [0.1, 0.15) is 18.6 Å². The van der Waals surface area contributed by atoms with Gasteiger partial charge in [-0.1, -0.05) is 17.2 Å². The van der Waals surface area contributed by atoms with E-state index in [1.165, 1.54) is 6.92 Å². The molecular weight excluding hydrogens is 222 g/mol. The summed E-state index contributed by atoms with van der Waals surface area (Å²) in [5.41, 5.74) is 9.03. The zero-order valence-electron chi connectivity index (χ0n) is 9.66. The van der Waals surface area contributed by atoms with Crippen molar-refractivity contribution in [2.75, 3.05) is 13.7 Å². The molecule has 0 heterocycles. The molecule has 0 aromatic heterocycles. The Morgan fingerprint density at radius 2 is 2.12 bits per heavy atom. The van der Waals surface area contributed by atoms with Gasteiger partial charge in [-0.25, -0.2) is 0 Å². The van der Waals surface area contributed by atoms with E-state index in [0.29, 0.717) is 5.75 Å². The first-order chi connectivity index (χ1) is 8.17. The Kier molecular flexibility index (Phi) is 4.84. The van der Waals surface area contributed by atoms with Crippen LogP contribution < -0.4 is 4.74 Å². The minimum Gasteiger partial charge on any atom is -0.497 e. The molecule has 0 saturated carbocycles. The molecule has 0 saturated heterocycles. The molecule has 0 aliphatic carbocycles. The maximum absolute atomic E-state index is 10.9. The maximum atomic E-state index is 10.9. The van der Waals surface area contributed by atoms with Crippen LogP contribution in [0.4, 0.5) is 0 Å². The van der Waals surface area contributed by atoms with E-state index in [1.807, 2.05) is 0 Å². The fourth-order valence-electron chi connectivity index (χ4n) is 1.34. The molecule has 0 spiro atoms. The quantitative estimate of drug-likeness (QED) is 0.340. The lowest BCUT2D eigenvalue weighted by molar-refractivity contribution is -0.146. The molecule has 6 heteroatoms. The minimum absolute atomic E-state index is 0.0718. The molecule has 0 N–H and O–H groups in total. The van der Waals surface area contributed by atoms with Gasteiger partial charge in [-0.2, -0.15) is 0 Å². The molecule has 90 valence electrons. The highest BCUT2D eigenvalue weighted by molar-refractivity contribution is 5.66. The second kappa shape index (κ2) is 6.40. The summed E-state index contributed by atoms with van der Waals surface area (Å²) in [6.07, 6.45) is -0.561. The molecule has 1 rings (SSSR count). The van der Waals surface area contributed by atoms with Gasteiger partial charge in [-0.3, -0.25) is 4.79 Å². The van der Waals surface area contributed by atoms with Crippen molar-refractivity contribution in [1.82, 2.24) is 0 Å². The van der Waals surface area contributed by atoms with Crippen molar-refractivity contribution in [1.29, 1.82) is 0 Å². The molecule has 0 aliphatic heterocycles. The molecule has 0 fully saturated rings. The molecule has 0 aliphatic rings. The Morgan fingerprint density at radius 3 is 2.59 bits per heavy atom. The monoisotopic (exact) mass is 235 g/mol. The highest BCUT2D eigenvalue weighted by Crippen LogP contribution is 2.21.